The predicted molar refractivity (Wildman–Crippen MR) is 121 cm³/mol. The Morgan fingerprint density at radius 3 is 2.59 bits per heavy atom. The highest BCUT2D eigenvalue weighted by molar-refractivity contribution is 7.12. The predicted octanol–water partition coefficient (Wildman–Crippen LogP) is 5.24. The van der Waals surface area contributed by atoms with E-state index in [1.54, 1.807) is 27.0 Å². The first-order valence-electron chi connectivity index (χ1n) is 9.46. The largest absolute Gasteiger partial charge is 0.497 e. The minimum Gasteiger partial charge on any atom is -0.497 e. The Kier molecular flexibility index (Phi) is 5.65. The van der Waals surface area contributed by atoms with Gasteiger partial charge < -0.3 is 4.74 Å². The average Bonchev–Trinajstić information content (AvgIpc) is 3.38. The fourth-order valence-electron chi connectivity index (χ4n) is 2.97. The lowest BCUT2D eigenvalue weighted by Crippen LogP contribution is -2.13. The first kappa shape index (κ1) is 21.1. The van der Waals surface area contributed by atoms with E-state index in [-0.39, 0.29) is 11.4 Å². The van der Waals surface area contributed by atoms with Crippen molar-refractivity contribution in [3.05, 3.63) is 79.6 Å². The van der Waals surface area contributed by atoms with Crippen molar-refractivity contribution in [3.8, 4) is 22.1 Å². The van der Waals surface area contributed by atoms with E-state index < -0.39 is 10.5 Å². The molecular formula is C21H18N6O4S. The molecule has 0 amide bonds. The monoisotopic (exact) mass is 450 g/mol. The summed E-state index contributed by atoms with van der Waals surface area (Å²) in [7, 11) is 1.60. The van der Waals surface area contributed by atoms with Gasteiger partial charge in [-0.3, -0.25) is 20.0 Å². The number of aromatic nitrogens is 3. The van der Waals surface area contributed by atoms with Gasteiger partial charge >= 0.3 is 5.56 Å². The Morgan fingerprint density at radius 2 is 1.91 bits per heavy atom. The molecule has 2 aromatic carbocycles. The lowest BCUT2D eigenvalue weighted by atomic mass is 10.2. The molecule has 0 unspecified atom stereocenters. The van der Waals surface area contributed by atoms with Crippen molar-refractivity contribution < 1.29 is 9.66 Å². The minimum absolute atomic E-state index is 0.0957. The van der Waals surface area contributed by atoms with E-state index >= 15 is 0 Å². The Bertz CT molecular complexity index is 1380. The molecule has 2 heterocycles. The van der Waals surface area contributed by atoms with Gasteiger partial charge in [0, 0.05) is 23.1 Å². The molecule has 0 aliphatic rings. The Labute approximate surface area is 186 Å². The van der Waals surface area contributed by atoms with Gasteiger partial charge in [-0.15, -0.1) is 21.6 Å². The normalized spacial score (nSPS) is 11.2. The molecule has 4 aromatic rings. The van der Waals surface area contributed by atoms with Crippen LogP contribution in [0.1, 0.15) is 11.3 Å². The van der Waals surface area contributed by atoms with Crippen molar-refractivity contribution in [2.24, 2.45) is 10.2 Å². The quantitative estimate of drug-likeness (QED) is 0.244. The summed E-state index contributed by atoms with van der Waals surface area (Å²) in [5.41, 5.74) is 2.75. The molecule has 0 bridgehead atoms. The van der Waals surface area contributed by atoms with Crippen LogP contribution in [0.15, 0.2) is 62.9 Å². The summed E-state index contributed by atoms with van der Waals surface area (Å²) in [6.07, 6.45) is 0. The average molecular weight is 450 g/mol. The van der Waals surface area contributed by atoms with Gasteiger partial charge in [0.1, 0.15) is 5.75 Å². The summed E-state index contributed by atoms with van der Waals surface area (Å²) in [4.78, 5) is 28.0. The van der Waals surface area contributed by atoms with Gasteiger partial charge in [0.2, 0.25) is 5.13 Å². The third kappa shape index (κ3) is 4.05. The number of rotatable bonds is 6. The van der Waals surface area contributed by atoms with Gasteiger partial charge in [-0.05, 0) is 43.7 Å². The topological polar surface area (TPSA) is 128 Å². The second kappa shape index (κ2) is 8.55. The van der Waals surface area contributed by atoms with Crippen molar-refractivity contribution in [3.63, 3.8) is 0 Å². The molecule has 0 saturated carbocycles. The van der Waals surface area contributed by atoms with Crippen molar-refractivity contribution in [1.82, 2.24) is 14.8 Å². The molecule has 2 aromatic heterocycles. The van der Waals surface area contributed by atoms with E-state index in [0.29, 0.717) is 22.1 Å². The molecule has 10 nitrogen and oxygen atoms in total. The lowest BCUT2D eigenvalue weighted by molar-refractivity contribution is -0.384. The number of ether oxygens (including phenoxy) is 1. The molecule has 4 rings (SSSR count). The number of aromatic amines is 1. The van der Waals surface area contributed by atoms with Gasteiger partial charge in [-0.2, -0.15) is 4.68 Å². The van der Waals surface area contributed by atoms with Crippen LogP contribution in [0.2, 0.25) is 0 Å². The Balaban J connectivity index is 1.65. The van der Waals surface area contributed by atoms with Crippen molar-refractivity contribution in [2.45, 2.75) is 13.8 Å². The van der Waals surface area contributed by atoms with Gasteiger partial charge in [0.05, 0.1) is 29.1 Å². The molecule has 0 aliphatic heterocycles. The summed E-state index contributed by atoms with van der Waals surface area (Å²) >= 11 is 1.31. The van der Waals surface area contributed by atoms with Crippen LogP contribution < -0.4 is 10.3 Å². The number of thiazole rings is 1. The second-order valence-corrected chi connectivity index (χ2v) is 7.73. The summed E-state index contributed by atoms with van der Waals surface area (Å²) in [6.45, 7) is 3.46. The molecule has 0 atom stereocenters. The molecule has 1 N–H and O–H groups in total. The molecule has 0 spiro atoms. The highest BCUT2D eigenvalue weighted by Gasteiger charge is 2.16. The van der Waals surface area contributed by atoms with E-state index in [0.717, 1.165) is 17.0 Å². The standard InChI is InChI=1S/C21H18N6O4S/c1-12-4-7-15(27(29)30)10-17(12)23-24-19-13(2)25-26(20(19)28)21-22-18(11-32-21)14-5-8-16(31-3)9-6-14/h4-11,25H,1-3H3. The van der Waals surface area contributed by atoms with Gasteiger partial charge in [0.15, 0.2) is 5.69 Å². The van der Waals surface area contributed by atoms with Crippen LogP contribution >= 0.6 is 11.3 Å². The lowest BCUT2D eigenvalue weighted by Gasteiger charge is -2.00. The number of H-pyrrole nitrogens is 1. The van der Waals surface area contributed by atoms with E-state index in [9.17, 15) is 14.9 Å². The van der Waals surface area contributed by atoms with Gasteiger partial charge in [-0.1, -0.05) is 6.07 Å². The maximum Gasteiger partial charge on any atom is 0.301 e. The number of methoxy groups -OCH3 is 1. The maximum absolute atomic E-state index is 12.9. The SMILES string of the molecule is COc1ccc(-c2csc(-n3[nH]c(C)c(N=Nc4cc([N+](=O)[O-])ccc4C)c3=O)n2)cc1. The van der Waals surface area contributed by atoms with Crippen LogP contribution in [-0.2, 0) is 0 Å². The fraction of sp³-hybridized carbons (Fsp3) is 0.143. The van der Waals surface area contributed by atoms with Crippen LogP contribution in [-0.4, -0.2) is 26.8 Å². The molecule has 0 aliphatic carbocycles. The molecule has 11 heteroatoms. The molecule has 0 radical (unpaired) electrons. The number of nitro groups is 1. The van der Waals surface area contributed by atoms with Crippen LogP contribution in [0.4, 0.5) is 17.1 Å². The number of hydrogen-bond acceptors (Lipinski definition) is 8. The number of hydrogen-bond donors (Lipinski definition) is 1. The number of aryl methyl sites for hydroxylation is 2. The Morgan fingerprint density at radius 1 is 1.16 bits per heavy atom. The number of nitrogens with zero attached hydrogens (tertiary/aromatic N) is 5. The van der Waals surface area contributed by atoms with Crippen molar-refractivity contribution in [2.75, 3.05) is 7.11 Å². The summed E-state index contributed by atoms with van der Waals surface area (Å²) < 4.78 is 6.48. The van der Waals surface area contributed by atoms with Gasteiger partial charge in [-0.25, -0.2) is 4.98 Å². The number of non-ortho nitro benzene ring substituents is 1. The highest BCUT2D eigenvalue weighted by Crippen LogP contribution is 2.28. The zero-order chi connectivity index (χ0) is 22.8. The number of nitro benzene ring substituents is 1. The fourth-order valence-corrected chi connectivity index (χ4v) is 3.77. The molecule has 162 valence electrons. The molecule has 0 fully saturated rings. The zero-order valence-corrected chi connectivity index (χ0v) is 18.2. The third-order valence-corrected chi connectivity index (χ3v) is 5.60. The van der Waals surface area contributed by atoms with E-state index in [4.69, 9.17) is 4.74 Å². The van der Waals surface area contributed by atoms with Gasteiger partial charge in [0.25, 0.3) is 5.69 Å². The minimum atomic E-state index is -0.504. The summed E-state index contributed by atoms with van der Waals surface area (Å²) in [6, 6.07) is 11.8. The summed E-state index contributed by atoms with van der Waals surface area (Å²) in [5, 5.41) is 24.4. The first-order chi connectivity index (χ1) is 15.4. The number of benzene rings is 2. The number of azo groups is 1. The molecular weight excluding hydrogens is 432 g/mol. The first-order valence-corrected chi connectivity index (χ1v) is 10.3. The van der Waals surface area contributed by atoms with E-state index in [1.165, 1.54) is 28.2 Å². The second-order valence-electron chi connectivity index (χ2n) is 6.90. The Hall–Kier alpha value is -4.12. The highest BCUT2D eigenvalue weighted by atomic mass is 32.1. The zero-order valence-electron chi connectivity index (χ0n) is 17.4. The molecule has 32 heavy (non-hydrogen) atoms. The van der Waals surface area contributed by atoms with Crippen molar-refractivity contribution >= 4 is 28.4 Å². The van der Waals surface area contributed by atoms with Crippen LogP contribution in [0.3, 0.4) is 0 Å². The van der Waals surface area contributed by atoms with Crippen molar-refractivity contribution in [1.29, 1.82) is 0 Å². The molecule has 0 saturated heterocycles. The smallest absolute Gasteiger partial charge is 0.301 e. The third-order valence-electron chi connectivity index (χ3n) is 4.77. The van der Waals surface area contributed by atoms with Crippen LogP contribution in [0.25, 0.3) is 16.4 Å². The van der Waals surface area contributed by atoms with Crippen LogP contribution in [0, 0.1) is 24.0 Å². The van der Waals surface area contributed by atoms with E-state index in [1.807, 2.05) is 29.6 Å². The van der Waals surface area contributed by atoms with Crippen LogP contribution in [0.5, 0.6) is 5.75 Å². The van der Waals surface area contributed by atoms with E-state index in [2.05, 4.69) is 20.3 Å². The maximum atomic E-state index is 12.9. The summed E-state index contributed by atoms with van der Waals surface area (Å²) in [5.74, 6) is 0.745. The number of nitrogens with one attached hydrogen (secondary N) is 1.